The molecule has 10 heteroatoms. The fourth-order valence-corrected chi connectivity index (χ4v) is 5.04. The fraction of sp³-hybridized carbons (Fsp3) is 0.409. The molecule has 4 fully saturated rings. The van der Waals surface area contributed by atoms with Gasteiger partial charge < -0.3 is 14.8 Å². The predicted octanol–water partition coefficient (Wildman–Crippen LogP) is 3.25. The van der Waals surface area contributed by atoms with Gasteiger partial charge in [0.1, 0.15) is 17.8 Å². The van der Waals surface area contributed by atoms with Crippen LogP contribution in [-0.4, -0.2) is 30.4 Å². The molecule has 32 heavy (non-hydrogen) atoms. The first kappa shape index (κ1) is 21.9. The molecule has 2 aromatic carbocycles. The number of nitrogens with one attached hydrogen (secondary N) is 4. The highest BCUT2D eigenvalue weighted by Gasteiger charge is 2.57. The van der Waals surface area contributed by atoms with Gasteiger partial charge in [0.05, 0.1) is 5.02 Å². The van der Waals surface area contributed by atoms with E-state index in [0.29, 0.717) is 10.9 Å². The lowest BCUT2D eigenvalue weighted by Crippen LogP contribution is -2.57. The van der Waals surface area contributed by atoms with E-state index in [1.807, 2.05) is 24.3 Å². The first-order chi connectivity index (χ1) is 15.4. The van der Waals surface area contributed by atoms with Gasteiger partial charge in [-0.2, -0.15) is 0 Å². The van der Waals surface area contributed by atoms with Gasteiger partial charge in [-0.25, -0.2) is 15.2 Å². The lowest BCUT2D eigenvalue weighted by atomic mass is 9.77. The molecule has 3 aliphatic carbocycles. The van der Waals surface area contributed by atoms with Gasteiger partial charge in [0.25, 0.3) is 5.91 Å². The Balaban J connectivity index is 1.08. The molecular formula is C22H23Cl2FN4O3. The first-order valence-corrected chi connectivity index (χ1v) is 11.2. The third-order valence-electron chi connectivity index (χ3n) is 6.32. The molecule has 0 spiro atoms. The monoisotopic (exact) mass is 480 g/mol. The third-order valence-corrected chi connectivity index (χ3v) is 6.88. The molecule has 7 nitrogen and oxygen atoms in total. The number of carbonyl (C=O) groups is 1. The standard InChI is InChI=1S/C22H23Cl2FN4O3/c23-14-3-1-12(2-4-14)20-28-29-21(32-20)27-22-8-13(9-22)18(10-22)26-19(30)11-31-15-5-6-16(24)17(25)7-15/h1-7,13,18,20-21,27-29H,8-11H2,(H,26,30). The van der Waals surface area contributed by atoms with Gasteiger partial charge in [-0.05, 0) is 55.0 Å². The van der Waals surface area contributed by atoms with E-state index < -0.39 is 5.82 Å². The number of rotatable bonds is 7. The molecule has 1 heterocycles. The minimum Gasteiger partial charge on any atom is -0.484 e. The van der Waals surface area contributed by atoms with Gasteiger partial charge in [-0.3, -0.25) is 10.1 Å². The van der Waals surface area contributed by atoms with Gasteiger partial charge in [0.2, 0.25) is 0 Å². The van der Waals surface area contributed by atoms with Crippen molar-refractivity contribution in [2.24, 2.45) is 5.92 Å². The third kappa shape index (κ3) is 4.57. The molecule has 1 saturated heterocycles. The second kappa shape index (κ2) is 8.78. The maximum absolute atomic E-state index is 13.5. The highest BCUT2D eigenvalue weighted by atomic mass is 35.5. The quantitative estimate of drug-likeness (QED) is 0.486. The van der Waals surface area contributed by atoms with E-state index in [1.165, 1.54) is 18.2 Å². The van der Waals surface area contributed by atoms with E-state index in [9.17, 15) is 9.18 Å². The van der Waals surface area contributed by atoms with Crippen molar-refractivity contribution < 1.29 is 18.7 Å². The predicted molar refractivity (Wildman–Crippen MR) is 117 cm³/mol. The first-order valence-electron chi connectivity index (χ1n) is 10.5. The Kier molecular flexibility index (Phi) is 6.00. The maximum atomic E-state index is 13.5. The highest BCUT2D eigenvalue weighted by Crippen LogP contribution is 2.52. The topological polar surface area (TPSA) is 83.7 Å². The minimum atomic E-state index is -0.579. The van der Waals surface area contributed by atoms with Crippen molar-refractivity contribution in [1.29, 1.82) is 0 Å². The Morgan fingerprint density at radius 2 is 1.94 bits per heavy atom. The molecule has 1 aliphatic heterocycles. The van der Waals surface area contributed by atoms with E-state index in [2.05, 4.69) is 21.5 Å². The van der Waals surface area contributed by atoms with E-state index in [-0.39, 0.29) is 47.4 Å². The number of hydrogen-bond donors (Lipinski definition) is 4. The molecule has 2 bridgehead atoms. The Morgan fingerprint density at radius 3 is 2.69 bits per heavy atom. The van der Waals surface area contributed by atoms with Gasteiger partial charge in [-0.15, -0.1) is 0 Å². The number of fused-ring (bicyclic) bond motifs is 1. The maximum Gasteiger partial charge on any atom is 0.258 e. The number of benzene rings is 2. The molecule has 4 aliphatic rings. The lowest BCUT2D eigenvalue weighted by molar-refractivity contribution is -0.124. The summed E-state index contributed by atoms with van der Waals surface area (Å²) in [7, 11) is 0. The largest absolute Gasteiger partial charge is 0.484 e. The van der Waals surface area contributed by atoms with Crippen molar-refractivity contribution in [1.82, 2.24) is 21.5 Å². The second-order valence-corrected chi connectivity index (χ2v) is 9.42. The van der Waals surface area contributed by atoms with Crippen LogP contribution in [-0.2, 0) is 9.53 Å². The van der Waals surface area contributed by atoms with Crippen LogP contribution in [0.25, 0.3) is 0 Å². The van der Waals surface area contributed by atoms with Crippen LogP contribution in [0.1, 0.15) is 31.1 Å². The summed E-state index contributed by atoms with van der Waals surface area (Å²) in [6.45, 7) is -0.176. The Morgan fingerprint density at radius 1 is 1.16 bits per heavy atom. The normalized spacial score (nSPS) is 30.7. The van der Waals surface area contributed by atoms with Crippen LogP contribution in [0.2, 0.25) is 10.0 Å². The van der Waals surface area contributed by atoms with Crippen molar-refractivity contribution in [3.8, 4) is 5.75 Å². The van der Waals surface area contributed by atoms with Crippen LogP contribution in [0.5, 0.6) is 5.75 Å². The molecule has 4 N–H and O–H groups in total. The van der Waals surface area contributed by atoms with Crippen molar-refractivity contribution >= 4 is 29.1 Å². The molecule has 1 amide bonds. The smallest absolute Gasteiger partial charge is 0.258 e. The van der Waals surface area contributed by atoms with E-state index in [1.54, 1.807) is 0 Å². The van der Waals surface area contributed by atoms with E-state index in [0.717, 1.165) is 24.8 Å². The summed E-state index contributed by atoms with van der Waals surface area (Å²) in [5.74, 6) is -0.124. The molecule has 0 aromatic heterocycles. The average molecular weight is 481 g/mol. The molecular weight excluding hydrogens is 458 g/mol. The molecule has 0 radical (unpaired) electrons. The number of hydrogen-bond acceptors (Lipinski definition) is 6. The van der Waals surface area contributed by atoms with Crippen LogP contribution in [0.4, 0.5) is 4.39 Å². The van der Waals surface area contributed by atoms with Gasteiger partial charge in [-0.1, -0.05) is 35.3 Å². The van der Waals surface area contributed by atoms with Gasteiger partial charge in [0.15, 0.2) is 13.0 Å². The molecule has 3 saturated carbocycles. The van der Waals surface area contributed by atoms with Crippen LogP contribution < -0.4 is 26.2 Å². The number of hydrazine groups is 1. The average Bonchev–Trinajstić information content (AvgIpc) is 3.43. The van der Waals surface area contributed by atoms with Crippen LogP contribution >= 0.6 is 23.2 Å². The molecule has 3 atom stereocenters. The summed E-state index contributed by atoms with van der Waals surface area (Å²) in [6, 6.07) is 11.7. The van der Waals surface area contributed by atoms with Crippen molar-refractivity contribution in [2.45, 2.75) is 43.4 Å². The van der Waals surface area contributed by atoms with E-state index in [4.69, 9.17) is 32.7 Å². The van der Waals surface area contributed by atoms with Gasteiger partial charge in [0, 0.05) is 22.7 Å². The highest BCUT2D eigenvalue weighted by molar-refractivity contribution is 6.30. The van der Waals surface area contributed by atoms with Crippen molar-refractivity contribution in [2.75, 3.05) is 6.61 Å². The SMILES string of the molecule is O=C(COc1ccc(Cl)c(F)c1)NC1CC2(NC3NNC(c4ccc(Cl)cc4)O3)CC1C2. The number of halogens is 3. The molecule has 2 aromatic rings. The lowest BCUT2D eigenvalue weighted by Gasteiger charge is -2.40. The Bertz CT molecular complexity index is 1000. The van der Waals surface area contributed by atoms with Crippen molar-refractivity contribution in [3.63, 3.8) is 0 Å². The molecule has 170 valence electrons. The van der Waals surface area contributed by atoms with Gasteiger partial charge >= 0.3 is 0 Å². The fourth-order valence-electron chi connectivity index (χ4n) is 4.80. The van der Waals surface area contributed by atoms with Crippen LogP contribution in [0, 0.1) is 11.7 Å². The minimum absolute atomic E-state index is 0.0146. The number of amides is 1. The summed E-state index contributed by atoms with van der Waals surface area (Å²) in [4.78, 5) is 12.3. The summed E-state index contributed by atoms with van der Waals surface area (Å²) in [5.41, 5.74) is 7.18. The van der Waals surface area contributed by atoms with E-state index >= 15 is 0 Å². The molecule has 6 rings (SSSR count). The van der Waals surface area contributed by atoms with Crippen LogP contribution in [0.15, 0.2) is 42.5 Å². The van der Waals surface area contributed by atoms with Crippen LogP contribution in [0.3, 0.4) is 0 Å². The number of ether oxygens (including phenoxy) is 2. The zero-order chi connectivity index (χ0) is 22.3. The Hall–Kier alpha value is -1.94. The second-order valence-electron chi connectivity index (χ2n) is 8.57. The summed E-state index contributed by atoms with van der Waals surface area (Å²) < 4.78 is 24.9. The Labute approximate surface area is 194 Å². The zero-order valence-electron chi connectivity index (χ0n) is 17.0. The molecule has 3 unspecified atom stereocenters. The summed E-state index contributed by atoms with van der Waals surface area (Å²) >= 11 is 11.6. The summed E-state index contributed by atoms with van der Waals surface area (Å²) in [6.07, 6.45) is 2.13. The number of carbonyl (C=O) groups excluding carboxylic acids is 1. The van der Waals surface area contributed by atoms with Crippen molar-refractivity contribution in [3.05, 3.63) is 63.9 Å². The summed E-state index contributed by atoms with van der Waals surface area (Å²) in [5, 5.41) is 7.28. The zero-order valence-corrected chi connectivity index (χ0v) is 18.5.